The molecule has 0 amide bonds. The Labute approximate surface area is 274 Å². The second-order valence-electron chi connectivity index (χ2n) is 14.4. The summed E-state index contributed by atoms with van der Waals surface area (Å²) < 4.78 is 43.7. The highest BCUT2D eigenvalue weighted by Gasteiger charge is 2.60. The van der Waals surface area contributed by atoms with E-state index in [0.29, 0.717) is 22.9 Å². The molecule has 15 heteroatoms. The first-order valence-electron chi connectivity index (χ1n) is 16.2. The van der Waals surface area contributed by atoms with Gasteiger partial charge in [-0.3, -0.25) is 18.7 Å². The Balaban J connectivity index is 1.34. The number of carbonyl (C=O) groups is 2. The number of hydrogen-bond acceptors (Lipinski definition) is 12. The lowest BCUT2D eigenvalue weighted by Crippen LogP contribution is -2.61. The van der Waals surface area contributed by atoms with Crippen molar-refractivity contribution in [3.8, 4) is 0 Å². The van der Waals surface area contributed by atoms with E-state index in [0.717, 1.165) is 19.3 Å². The summed E-state index contributed by atoms with van der Waals surface area (Å²) in [5.74, 6) is 0.0391. The molecule has 1 aliphatic heterocycles. The van der Waals surface area contributed by atoms with Crippen molar-refractivity contribution in [2.24, 2.45) is 16.7 Å². The van der Waals surface area contributed by atoms with Crippen molar-refractivity contribution in [1.82, 2.24) is 19.5 Å². The summed E-state index contributed by atoms with van der Waals surface area (Å²) in [6, 6.07) is 0. The van der Waals surface area contributed by atoms with Gasteiger partial charge in [0, 0.05) is 19.4 Å². The Morgan fingerprint density at radius 1 is 1.02 bits per heavy atom. The maximum atomic E-state index is 13.3. The van der Waals surface area contributed by atoms with E-state index in [1.165, 1.54) is 33.1 Å². The van der Waals surface area contributed by atoms with E-state index < -0.39 is 44.1 Å². The van der Waals surface area contributed by atoms with E-state index in [4.69, 9.17) is 39.8 Å². The van der Waals surface area contributed by atoms with Gasteiger partial charge in [-0.25, -0.2) is 4.98 Å². The van der Waals surface area contributed by atoms with Gasteiger partial charge < -0.3 is 28.6 Å². The topological polar surface area (TPSA) is 153 Å². The molecule has 7 rings (SSSR count). The van der Waals surface area contributed by atoms with Crippen molar-refractivity contribution in [2.75, 3.05) is 24.7 Å². The van der Waals surface area contributed by atoms with Crippen LogP contribution in [0.2, 0.25) is 5.28 Å². The number of rotatable bonds is 12. The number of halogens is 1. The van der Waals surface area contributed by atoms with E-state index in [9.17, 15) is 14.2 Å². The normalized spacial score (nSPS) is 35.1. The number of hydrogen-bond donors (Lipinski definition) is 1. The van der Waals surface area contributed by atoms with Crippen molar-refractivity contribution in [3.63, 3.8) is 0 Å². The molecule has 8 atom stereocenters. The molecule has 4 saturated carbocycles. The molecule has 46 heavy (non-hydrogen) atoms. The Kier molecular flexibility index (Phi) is 8.98. The molecule has 0 spiro atoms. The monoisotopic (exact) mass is 681 g/mol. The fourth-order valence-corrected chi connectivity index (χ4v) is 11.5. The van der Waals surface area contributed by atoms with Crippen LogP contribution >= 0.6 is 19.2 Å². The summed E-state index contributed by atoms with van der Waals surface area (Å²) in [6.07, 6.45) is 4.74. The molecular formula is C31H45ClN5O8P. The van der Waals surface area contributed by atoms with E-state index >= 15 is 0 Å². The molecule has 2 aromatic rings. The summed E-state index contributed by atoms with van der Waals surface area (Å²) in [5.41, 5.74) is 1.32. The molecule has 3 heterocycles. The largest absolute Gasteiger partial charge is 0.456 e. The molecule has 4 aliphatic carbocycles. The highest BCUT2D eigenvalue weighted by Crippen LogP contribution is 2.67. The Morgan fingerprint density at radius 2 is 1.65 bits per heavy atom. The molecule has 2 aromatic heterocycles. The van der Waals surface area contributed by atoms with Crippen molar-refractivity contribution >= 4 is 48.1 Å². The van der Waals surface area contributed by atoms with E-state index in [2.05, 4.69) is 29.1 Å². The van der Waals surface area contributed by atoms with Crippen LogP contribution in [0.25, 0.3) is 11.2 Å². The Hall–Kier alpha value is -2.31. The van der Waals surface area contributed by atoms with Crippen LogP contribution in [0.4, 0.5) is 5.82 Å². The third-order valence-corrected chi connectivity index (χ3v) is 12.2. The van der Waals surface area contributed by atoms with Gasteiger partial charge in [0.15, 0.2) is 35.4 Å². The number of nitrogens with zero attached hydrogens (tertiary/aromatic N) is 4. The van der Waals surface area contributed by atoms with Gasteiger partial charge >= 0.3 is 19.5 Å². The van der Waals surface area contributed by atoms with Gasteiger partial charge in [0.2, 0.25) is 5.28 Å². The number of anilines is 1. The molecular weight excluding hydrogens is 637 g/mol. The van der Waals surface area contributed by atoms with Crippen LogP contribution in [0.1, 0.15) is 92.7 Å². The van der Waals surface area contributed by atoms with Gasteiger partial charge in [0.25, 0.3) is 0 Å². The highest BCUT2D eigenvalue weighted by molar-refractivity contribution is 7.53. The number of imidazole rings is 1. The smallest absolute Gasteiger partial charge is 0.330 e. The van der Waals surface area contributed by atoms with Crippen LogP contribution in [-0.2, 0) is 37.4 Å². The standard InChI is InChI=1S/C31H45ClN5O8P/c1-7-41-46(40,42-8-2)10-9-21-23(43-18(3)38)24(44-19(4)39)27(45-21)37-17-33-22-25(34-28(32)35-26(22)37)36-31-13-20-11-29(5,15-31)14-30(6,12-20)16-31/h17,20-21,23-24,27H,7-16H2,1-6H3,(H,34,35,36)/t20-,21-,23?,24?,27-,29+,30-,31-/m1/s1. The minimum Gasteiger partial charge on any atom is -0.456 e. The number of carbonyl (C=O) groups excluding carboxylic acids is 2. The van der Waals surface area contributed by atoms with Crippen LogP contribution in [0.3, 0.4) is 0 Å². The van der Waals surface area contributed by atoms with Crippen LogP contribution < -0.4 is 5.32 Å². The summed E-state index contributed by atoms with van der Waals surface area (Å²) in [7, 11) is -3.44. The van der Waals surface area contributed by atoms with Crippen LogP contribution in [0.5, 0.6) is 0 Å². The zero-order valence-corrected chi connectivity index (χ0v) is 29.1. The molecule has 254 valence electrons. The third kappa shape index (κ3) is 6.55. The molecule has 0 radical (unpaired) electrons. The summed E-state index contributed by atoms with van der Waals surface area (Å²) in [5, 5.41) is 3.84. The average Bonchev–Trinajstić information content (AvgIpc) is 3.46. The van der Waals surface area contributed by atoms with Crippen molar-refractivity contribution in [3.05, 3.63) is 11.6 Å². The van der Waals surface area contributed by atoms with E-state index in [-0.39, 0.29) is 47.4 Å². The van der Waals surface area contributed by atoms with Gasteiger partial charge in [0.1, 0.15) is 6.10 Å². The van der Waals surface area contributed by atoms with E-state index in [1.807, 2.05) is 0 Å². The van der Waals surface area contributed by atoms with Crippen LogP contribution in [0.15, 0.2) is 6.33 Å². The van der Waals surface area contributed by atoms with E-state index in [1.54, 1.807) is 24.7 Å². The SMILES string of the molecule is CCOP(=O)(CC[C@H]1O[C@@H](n2cnc3c(N[C@@]45C[C@@H]6C[C@@](C)(C[C@@](C)(C6)C4)C5)nc(Cl)nc32)C(OC(C)=O)C1OC(C)=O)OCC. The van der Waals surface area contributed by atoms with Gasteiger partial charge in [-0.2, -0.15) is 9.97 Å². The van der Waals surface area contributed by atoms with Gasteiger partial charge in [-0.05, 0) is 87.1 Å². The summed E-state index contributed by atoms with van der Waals surface area (Å²) in [4.78, 5) is 38.4. The lowest BCUT2D eigenvalue weighted by atomic mass is 9.43. The molecule has 0 aromatic carbocycles. The van der Waals surface area contributed by atoms with Gasteiger partial charge in [-0.15, -0.1) is 0 Å². The predicted octanol–water partition coefficient (Wildman–Crippen LogP) is 6.06. The number of fused-ring (bicyclic) bond motifs is 1. The zero-order chi connectivity index (χ0) is 33.1. The molecule has 5 aliphatic rings. The summed E-state index contributed by atoms with van der Waals surface area (Å²) >= 11 is 6.55. The van der Waals surface area contributed by atoms with Crippen molar-refractivity contribution in [2.45, 2.75) is 117 Å². The second-order valence-corrected chi connectivity index (χ2v) is 16.9. The second kappa shape index (κ2) is 12.3. The fourth-order valence-electron chi connectivity index (χ4n) is 9.66. The lowest BCUT2D eigenvalue weighted by Gasteiger charge is -2.65. The number of nitrogens with one attached hydrogen (secondary N) is 1. The number of ether oxygens (including phenoxy) is 3. The number of esters is 2. The first-order chi connectivity index (χ1) is 21.7. The fraction of sp³-hybridized carbons (Fsp3) is 0.774. The quantitative estimate of drug-likeness (QED) is 0.157. The van der Waals surface area contributed by atoms with Crippen molar-refractivity contribution < 1.29 is 37.4 Å². The Morgan fingerprint density at radius 3 is 2.24 bits per heavy atom. The molecule has 5 fully saturated rings. The maximum Gasteiger partial charge on any atom is 0.330 e. The van der Waals surface area contributed by atoms with Crippen LogP contribution in [-0.4, -0.2) is 74.7 Å². The van der Waals surface area contributed by atoms with Gasteiger partial charge in [-0.1, -0.05) is 13.8 Å². The minimum absolute atomic E-state index is 0.00425. The average molecular weight is 682 g/mol. The molecule has 13 nitrogen and oxygen atoms in total. The van der Waals surface area contributed by atoms with Crippen molar-refractivity contribution in [1.29, 1.82) is 0 Å². The minimum atomic E-state index is -3.44. The molecule has 4 bridgehead atoms. The number of aromatic nitrogens is 4. The molecule has 1 saturated heterocycles. The highest BCUT2D eigenvalue weighted by atomic mass is 35.5. The first kappa shape index (κ1) is 33.6. The lowest BCUT2D eigenvalue weighted by molar-refractivity contribution is -0.165. The van der Waals surface area contributed by atoms with Gasteiger partial charge in [0.05, 0.1) is 25.7 Å². The maximum absolute atomic E-state index is 13.3. The Bertz CT molecular complexity index is 1530. The first-order valence-corrected chi connectivity index (χ1v) is 18.3. The third-order valence-electron chi connectivity index (χ3n) is 9.91. The zero-order valence-electron chi connectivity index (χ0n) is 27.4. The van der Waals surface area contributed by atoms with Crippen LogP contribution in [0, 0.1) is 16.7 Å². The molecule has 2 unspecified atom stereocenters. The molecule has 1 N–H and O–H groups in total. The predicted molar refractivity (Wildman–Crippen MR) is 169 cm³/mol. The summed E-state index contributed by atoms with van der Waals surface area (Å²) in [6.45, 7) is 11.2.